The number of hydrogen-bond donors (Lipinski definition) is 0. The first-order chi connectivity index (χ1) is 10.6. The van der Waals surface area contributed by atoms with Crippen molar-refractivity contribution in [3.8, 4) is 0 Å². The van der Waals surface area contributed by atoms with Crippen molar-refractivity contribution in [1.82, 2.24) is 4.31 Å². The molecule has 0 bridgehead atoms. The summed E-state index contributed by atoms with van der Waals surface area (Å²) in [6.45, 7) is 0.422. The van der Waals surface area contributed by atoms with Crippen molar-refractivity contribution < 1.29 is 13.2 Å². The lowest BCUT2D eigenvalue weighted by Crippen LogP contribution is -2.39. The van der Waals surface area contributed by atoms with Gasteiger partial charge in [0.1, 0.15) is 0 Å². The molecular weight excluding hydrogens is 298 g/mol. The van der Waals surface area contributed by atoms with Gasteiger partial charge in [0.25, 0.3) is 0 Å². The molecule has 0 spiro atoms. The van der Waals surface area contributed by atoms with Crippen LogP contribution in [-0.4, -0.2) is 25.1 Å². The maximum Gasteiger partial charge on any atom is 0.243 e. The Morgan fingerprint density at radius 1 is 1.00 bits per heavy atom. The summed E-state index contributed by atoms with van der Waals surface area (Å²) >= 11 is 0. The van der Waals surface area contributed by atoms with E-state index >= 15 is 0 Å². The predicted octanol–water partition coefficient (Wildman–Crippen LogP) is 2.56. The van der Waals surface area contributed by atoms with E-state index in [4.69, 9.17) is 0 Å². The second-order valence-corrected chi connectivity index (χ2v) is 7.59. The zero-order chi connectivity index (χ0) is 15.3. The molecule has 1 unspecified atom stereocenters. The number of carbonyl (C=O) groups is 1. The van der Waals surface area contributed by atoms with Gasteiger partial charge in [0.05, 0.1) is 10.9 Å². The molecule has 2 aliphatic rings. The van der Waals surface area contributed by atoms with Gasteiger partial charge >= 0.3 is 0 Å². The van der Waals surface area contributed by atoms with Gasteiger partial charge in [0.2, 0.25) is 10.0 Å². The van der Waals surface area contributed by atoms with Gasteiger partial charge in [-0.2, -0.15) is 4.31 Å². The first-order valence-corrected chi connectivity index (χ1v) is 8.75. The summed E-state index contributed by atoms with van der Waals surface area (Å²) in [5.74, 6) is 0.0389. The molecule has 112 valence electrons. The summed E-state index contributed by atoms with van der Waals surface area (Å²) in [4.78, 5) is 12.5. The summed E-state index contributed by atoms with van der Waals surface area (Å²) in [6.07, 6.45) is 0.900. The predicted molar refractivity (Wildman–Crippen MR) is 82.2 cm³/mol. The van der Waals surface area contributed by atoms with Crippen LogP contribution in [0.4, 0.5) is 0 Å². The van der Waals surface area contributed by atoms with Gasteiger partial charge in [-0.3, -0.25) is 4.79 Å². The van der Waals surface area contributed by atoms with Crippen LogP contribution < -0.4 is 0 Å². The molecule has 0 saturated carbocycles. The largest absolute Gasteiger partial charge is 0.294 e. The Kier molecular flexibility index (Phi) is 2.96. The van der Waals surface area contributed by atoms with E-state index in [0.717, 1.165) is 11.1 Å². The number of rotatable bonds is 2. The second kappa shape index (κ2) is 4.76. The maximum absolute atomic E-state index is 12.9. The van der Waals surface area contributed by atoms with E-state index in [0.29, 0.717) is 18.5 Å². The summed E-state index contributed by atoms with van der Waals surface area (Å²) < 4.78 is 27.3. The fourth-order valence-corrected chi connectivity index (χ4v) is 5.12. The number of Topliss-reactive ketones (excluding diaryl/α,β-unsaturated/α-hetero) is 1. The fraction of sp³-hybridized carbons (Fsp3) is 0.235. The molecule has 0 aromatic heterocycles. The van der Waals surface area contributed by atoms with Crippen LogP contribution in [0.25, 0.3) is 0 Å². The normalized spacial score (nSPS) is 20.9. The van der Waals surface area contributed by atoms with Crippen molar-refractivity contribution in [1.29, 1.82) is 0 Å². The van der Waals surface area contributed by atoms with Crippen molar-refractivity contribution in [3.63, 3.8) is 0 Å². The molecule has 4 nitrogen and oxygen atoms in total. The fourth-order valence-electron chi connectivity index (χ4n) is 3.50. The molecule has 4 rings (SSSR count). The van der Waals surface area contributed by atoms with E-state index in [-0.39, 0.29) is 23.1 Å². The molecule has 0 saturated heterocycles. The molecule has 1 heterocycles. The highest BCUT2D eigenvalue weighted by atomic mass is 32.2. The van der Waals surface area contributed by atoms with Gasteiger partial charge in [0.15, 0.2) is 5.78 Å². The Morgan fingerprint density at radius 2 is 1.77 bits per heavy atom. The molecule has 0 radical (unpaired) electrons. The van der Waals surface area contributed by atoms with Gasteiger partial charge < -0.3 is 0 Å². The number of benzene rings is 2. The van der Waals surface area contributed by atoms with Crippen LogP contribution in [0, 0.1) is 0 Å². The van der Waals surface area contributed by atoms with Gasteiger partial charge in [0, 0.05) is 18.5 Å². The van der Waals surface area contributed by atoms with Crippen LogP contribution in [0.1, 0.15) is 33.9 Å². The molecule has 2 aromatic rings. The standard InChI is InChI=1S/C17H15NO3S/c19-16-11-15-17-12(5-4-8-14(16)17)9-10-18(15)22(20,21)13-6-2-1-3-7-13/h1-8,15H,9-11H2. The van der Waals surface area contributed by atoms with Gasteiger partial charge in [-0.25, -0.2) is 8.42 Å². The van der Waals surface area contributed by atoms with Crippen molar-refractivity contribution in [3.05, 3.63) is 65.2 Å². The molecule has 1 aliphatic heterocycles. The molecule has 5 heteroatoms. The number of ketones is 1. The number of nitrogens with zero attached hydrogens (tertiary/aromatic N) is 1. The van der Waals surface area contributed by atoms with Crippen LogP contribution in [0.5, 0.6) is 0 Å². The summed E-state index contributed by atoms with van der Waals surface area (Å²) in [5.41, 5.74) is 2.71. The molecular formula is C17H15NO3S. The summed E-state index contributed by atoms with van der Waals surface area (Å²) in [6, 6.07) is 13.8. The minimum Gasteiger partial charge on any atom is -0.294 e. The first-order valence-electron chi connectivity index (χ1n) is 7.31. The van der Waals surface area contributed by atoms with Crippen molar-refractivity contribution in [2.45, 2.75) is 23.8 Å². The first kappa shape index (κ1) is 13.7. The van der Waals surface area contributed by atoms with Gasteiger partial charge in [-0.15, -0.1) is 0 Å². The van der Waals surface area contributed by atoms with Crippen LogP contribution in [-0.2, 0) is 16.4 Å². The zero-order valence-electron chi connectivity index (χ0n) is 11.9. The van der Waals surface area contributed by atoms with E-state index in [2.05, 4.69) is 0 Å². The highest BCUT2D eigenvalue weighted by molar-refractivity contribution is 7.89. The molecule has 22 heavy (non-hydrogen) atoms. The Labute approximate surface area is 129 Å². The third-order valence-electron chi connectivity index (χ3n) is 4.51. The minimum atomic E-state index is -3.58. The topological polar surface area (TPSA) is 54.5 Å². The smallest absolute Gasteiger partial charge is 0.243 e. The Hall–Kier alpha value is -1.98. The van der Waals surface area contributed by atoms with Crippen LogP contribution in [0.15, 0.2) is 53.4 Å². The average Bonchev–Trinajstić information content (AvgIpc) is 2.87. The van der Waals surface area contributed by atoms with Crippen molar-refractivity contribution >= 4 is 15.8 Å². The average molecular weight is 313 g/mol. The SMILES string of the molecule is O=C1CC2c3c(cccc31)CCN2S(=O)(=O)c1ccccc1. The van der Waals surface area contributed by atoms with Crippen molar-refractivity contribution in [2.75, 3.05) is 6.54 Å². The third kappa shape index (κ3) is 1.86. The molecule has 1 aliphatic carbocycles. The molecule has 0 fully saturated rings. The van der Waals surface area contributed by atoms with E-state index in [9.17, 15) is 13.2 Å². The van der Waals surface area contributed by atoms with Crippen LogP contribution in [0.2, 0.25) is 0 Å². The lowest BCUT2D eigenvalue weighted by molar-refractivity contribution is 0.0975. The van der Waals surface area contributed by atoms with Gasteiger partial charge in [-0.05, 0) is 29.7 Å². The van der Waals surface area contributed by atoms with E-state index < -0.39 is 10.0 Å². The Morgan fingerprint density at radius 3 is 2.55 bits per heavy atom. The monoisotopic (exact) mass is 313 g/mol. The molecule has 2 aromatic carbocycles. The Balaban J connectivity index is 1.83. The van der Waals surface area contributed by atoms with E-state index in [1.165, 1.54) is 4.31 Å². The van der Waals surface area contributed by atoms with E-state index in [1.807, 2.05) is 12.1 Å². The molecule has 0 N–H and O–H groups in total. The number of sulfonamides is 1. The summed E-state index contributed by atoms with van der Waals surface area (Å²) in [5, 5.41) is 0. The highest BCUT2D eigenvalue weighted by Crippen LogP contribution is 2.43. The highest BCUT2D eigenvalue weighted by Gasteiger charge is 2.43. The maximum atomic E-state index is 12.9. The second-order valence-electron chi connectivity index (χ2n) is 5.70. The van der Waals surface area contributed by atoms with E-state index in [1.54, 1.807) is 36.4 Å². The Bertz CT molecular complexity index is 859. The minimum absolute atomic E-state index is 0.0389. The molecule has 1 atom stereocenters. The number of hydrogen-bond acceptors (Lipinski definition) is 3. The molecule has 0 amide bonds. The quantitative estimate of drug-likeness (QED) is 0.856. The zero-order valence-corrected chi connectivity index (χ0v) is 12.7. The lowest BCUT2D eigenvalue weighted by Gasteiger charge is -2.33. The van der Waals surface area contributed by atoms with Crippen molar-refractivity contribution in [2.24, 2.45) is 0 Å². The summed E-state index contributed by atoms with van der Waals surface area (Å²) in [7, 11) is -3.58. The van der Waals surface area contributed by atoms with Gasteiger partial charge in [-0.1, -0.05) is 36.4 Å². The van der Waals surface area contributed by atoms with Crippen LogP contribution >= 0.6 is 0 Å². The number of carbonyl (C=O) groups excluding carboxylic acids is 1. The lowest BCUT2D eigenvalue weighted by atomic mass is 9.95. The van der Waals surface area contributed by atoms with Crippen LogP contribution in [0.3, 0.4) is 0 Å². The third-order valence-corrected chi connectivity index (χ3v) is 6.43.